The highest BCUT2D eigenvalue weighted by molar-refractivity contribution is 6.02. The number of ether oxygens (including phenoxy) is 2. The van der Waals surface area contributed by atoms with E-state index >= 15 is 0 Å². The Labute approximate surface area is 251 Å². The lowest BCUT2D eigenvalue weighted by atomic mass is 9.93. The second kappa shape index (κ2) is 14.5. The molecule has 1 atom stereocenters. The highest BCUT2D eigenvalue weighted by Crippen LogP contribution is 2.32. The van der Waals surface area contributed by atoms with Crippen molar-refractivity contribution >= 4 is 34.8 Å². The Hall–Kier alpha value is -4.65. The van der Waals surface area contributed by atoms with Gasteiger partial charge in [-0.1, -0.05) is 37.3 Å². The molecule has 0 heterocycles. The molecule has 2 amide bonds. The molecule has 0 bridgehead atoms. The molecule has 3 aromatic carbocycles. The average molecular weight is 593 g/mol. The summed E-state index contributed by atoms with van der Waals surface area (Å²) in [6, 6.07) is 18.7. The third kappa shape index (κ3) is 8.67. The predicted octanol–water partition coefficient (Wildman–Crippen LogP) is 4.01. The summed E-state index contributed by atoms with van der Waals surface area (Å²) in [5, 5.41) is 5.22. The van der Waals surface area contributed by atoms with Gasteiger partial charge in [-0.15, -0.1) is 0 Å². The zero-order valence-corrected chi connectivity index (χ0v) is 25.1. The molecular formula is C31H40N6O6. The highest BCUT2D eigenvalue weighted by Gasteiger charge is 2.28. The number of nitrogens with one attached hydrogen (secondary N) is 1. The van der Waals surface area contributed by atoms with Crippen LogP contribution in [0.2, 0.25) is 0 Å². The number of amides is 2. The van der Waals surface area contributed by atoms with Gasteiger partial charge in [0.05, 0.1) is 37.1 Å². The Morgan fingerprint density at radius 3 is 2.26 bits per heavy atom. The maximum Gasteiger partial charge on any atom is 0.357 e. The molecule has 0 radical (unpaired) electrons. The molecule has 0 spiro atoms. The third-order valence-corrected chi connectivity index (χ3v) is 6.85. The molecule has 0 aliphatic carbocycles. The summed E-state index contributed by atoms with van der Waals surface area (Å²) in [5.74, 6) is 17.2. The van der Waals surface area contributed by atoms with E-state index in [-0.39, 0.29) is 31.1 Å². The molecule has 3 rings (SSSR count). The summed E-state index contributed by atoms with van der Waals surface area (Å²) in [7, 11) is 1.53. The van der Waals surface area contributed by atoms with Crippen LogP contribution in [-0.4, -0.2) is 37.0 Å². The molecule has 12 nitrogen and oxygen atoms in total. The largest absolute Gasteiger partial charge is 0.493 e. The molecule has 3 aromatic rings. The van der Waals surface area contributed by atoms with Crippen LogP contribution in [0.15, 0.2) is 66.7 Å². The van der Waals surface area contributed by atoms with Crippen LogP contribution in [0.3, 0.4) is 0 Å². The van der Waals surface area contributed by atoms with Crippen molar-refractivity contribution in [3.8, 4) is 11.5 Å². The summed E-state index contributed by atoms with van der Waals surface area (Å²) in [4.78, 5) is 41.8. The van der Waals surface area contributed by atoms with Crippen molar-refractivity contribution in [1.82, 2.24) is 0 Å². The van der Waals surface area contributed by atoms with Crippen LogP contribution in [-0.2, 0) is 20.8 Å². The predicted molar refractivity (Wildman–Crippen MR) is 165 cm³/mol. The number of rotatable bonds is 13. The molecule has 0 saturated carbocycles. The first-order valence-electron chi connectivity index (χ1n) is 13.7. The van der Waals surface area contributed by atoms with Gasteiger partial charge in [0, 0.05) is 24.1 Å². The minimum Gasteiger partial charge on any atom is -0.493 e. The molecule has 0 aliphatic heterocycles. The second-order valence-corrected chi connectivity index (χ2v) is 10.8. The Bertz CT molecular complexity index is 1430. The van der Waals surface area contributed by atoms with Gasteiger partial charge in [-0.3, -0.25) is 9.59 Å². The summed E-state index contributed by atoms with van der Waals surface area (Å²) in [6.07, 6.45) is 0.247. The molecule has 0 aliphatic rings. The molecular weight excluding hydrogens is 552 g/mol. The van der Waals surface area contributed by atoms with Crippen molar-refractivity contribution in [2.24, 2.45) is 23.5 Å². The Balaban J connectivity index is 1.64. The van der Waals surface area contributed by atoms with Gasteiger partial charge >= 0.3 is 12.0 Å². The van der Waals surface area contributed by atoms with Gasteiger partial charge in [-0.05, 0) is 62.2 Å². The number of anilines is 3. The first-order valence-corrected chi connectivity index (χ1v) is 13.7. The summed E-state index contributed by atoms with van der Waals surface area (Å²) >= 11 is 0. The van der Waals surface area contributed by atoms with Crippen molar-refractivity contribution < 1.29 is 28.7 Å². The maximum atomic E-state index is 13.3. The lowest BCUT2D eigenvalue weighted by Gasteiger charge is -2.27. The number of methoxy groups -OCH3 is 1. The Kier molecular flexibility index (Phi) is 11.1. The molecule has 43 heavy (non-hydrogen) atoms. The monoisotopic (exact) mass is 592 g/mol. The third-order valence-electron chi connectivity index (χ3n) is 6.85. The number of nitrogens with zero attached hydrogens (tertiary/aromatic N) is 2. The molecule has 0 aromatic heterocycles. The number of hydrogen-bond acceptors (Lipinski definition) is 10. The molecule has 12 heteroatoms. The van der Waals surface area contributed by atoms with Gasteiger partial charge in [0.25, 0.3) is 0 Å². The van der Waals surface area contributed by atoms with Crippen molar-refractivity contribution in [3.63, 3.8) is 0 Å². The summed E-state index contributed by atoms with van der Waals surface area (Å²) in [6.45, 7) is 7.49. The molecule has 7 N–H and O–H groups in total. The lowest BCUT2D eigenvalue weighted by molar-refractivity contribution is -0.145. The normalized spacial score (nSPS) is 11.7. The fourth-order valence-electron chi connectivity index (χ4n) is 4.27. The number of Topliss-reactive ketones (excluding diaryl/α,β-unsaturated/α-hetero) is 1. The van der Waals surface area contributed by atoms with E-state index in [1.165, 1.54) is 7.11 Å². The van der Waals surface area contributed by atoms with Crippen molar-refractivity contribution in [3.05, 3.63) is 77.9 Å². The number of aryl methyl sites for hydroxylation is 1. The zero-order chi connectivity index (χ0) is 31.7. The SMILES string of the molecule is COc1ccc(NC(C)(C)C(=O)Cc2ccc(N(N)C(=O)N(N)c3ccccc3C)cc2)cc1OCC(C)CC(=O)ON. The maximum absolute atomic E-state index is 13.3. The van der Waals surface area contributed by atoms with E-state index in [2.05, 4.69) is 10.2 Å². The van der Waals surface area contributed by atoms with Crippen LogP contribution in [0.5, 0.6) is 11.5 Å². The highest BCUT2D eigenvalue weighted by atomic mass is 16.7. The van der Waals surface area contributed by atoms with Crippen molar-refractivity contribution in [1.29, 1.82) is 0 Å². The number of carbonyl (C=O) groups excluding carboxylic acids is 3. The van der Waals surface area contributed by atoms with E-state index in [1.54, 1.807) is 68.4 Å². The quantitative estimate of drug-likeness (QED) is 0.129. The minimum absolute atomic E-state index is 0.0687. The van der Waals surface area contributed by atoms with Crippen molar-refractivity contribution in [2.45, 2.75) is 46.1 Å². The van der Waals surface area contributed by atoms with Gasteiger partial charge in [0.15, 0.2) is 17.3 Å². The topological polar surface area (TPSA) is 175 Å². The van der Waals surface area contributed by atoms with Crippen LogP contribution in [0.25, 0.3) is 0 Å². The van der Waals surface area contributed by atoms with Crippen LogP contribution < -0.4 is 42.4 Å². The molecule has 0 saturated heterocycles. The Morgan fingerprint density at radius 1 is 0.953 bits per heavy atom. The standard InChI is InChI=1S/C31H40N6O6/c1-20(16-29(39)43-34)19-42-27-18-23(12-15-26(27)41-5)35-31(3,4)28(38)17-22-10-13-24(14-11-22)36(32)30(40)37(33)25-9-7-6-8-21(25)2/h6-15,18,20,35H,16-17,19,32-34H2,1-5H3. The Morgan fingerprint density at radius 2 is 1.63 bits per heavy atom. The van der Waals surface area contributed by atoms with Crippen LogP contribution in [0.4, 0.5) is 21.9 Å². The first kappa shape index (κ1) is 32.9. The van der Waals surface area contributed by atoms with Gasteiger partial charge in [0.2, 0.25) is 0 Å². The van der Waals surface area contributed by atoms with Gasteiger partial charge in [-0.25, -0.2) is 26.5 Å². The summed E-state index contributed by atoms with van der Waals surface area (Å²) < 4.78 is 11.3. The molecule has 0 fully saturated rings. The van der Waals surface area contributed by atoms with Crippen LogP contribution in [0.1, 0.15) is 38.3 Å². The van der Waals surface area contributed by atoms with Crippen molar-refractivity contribution in [2.75, 3.05) is 29.1 Å². The summed E-state index contributed by atoms with van der Waals surface area (Å²) in [5.41, 5.74) is 2.25. The van der Waals surface area contributed by atoms with E-state index in [0.717, 1.165) is 21.1 Å². The van der Waals surface area contributed by atoms with Gasteiger partial charge in [0.1, 0.15) is 0 Å². The smallest absolute Gasteiger partial charge is 0.357 e. The number of carbonyl (C=O) groups is 3. The number of benzene rings is 3. The zero-order valence-electron chi connectivity index (χ0n) is 25.1. The number of nitrogens with two attached hydrogens (primary N) is 3. The van der Waals surface area contributed by atoms with E-state index in [9.17, 15) is 14.4 Å². The van der Waals surface area contributed by atoms with E-state index in [1.807, 2.05) is 26.0 Å². The van der Waals surface area contributed by atoms with Gasteiger partial charge in [-0.2, -0.15) is 5.90 Å². The van der Waals surface area contributed by atoms with E-state index < -0.39 is 17.5 Å². The fourth-order valence-corrected chi connectivity index (χ4v) is 4.27. The number of hydrogen-bond donors (Lipinski definition) is 4. The van der Waals surface area contributed by atoms with Crippen LogP contribution in [0, 0.1) is 12.8 Å². The van der Waals surface area contributed by atoms with Crippen LogP contribution >= 0.6 is 0 Å². The molecule has 1 unspecified atom stereocenters. The first-order chi connectivity index (χ1) is 20.4. The number of hydrazine groups is 2. The minimum atomic E-state index is -0.938. The number of para-hydroxylation sites is 1. The van der Waals surface area contributed by atoms with Gasteiger partial charge < -0.3 is 19.6 Å². The number of ketones is 1. The van der Waals surface area contributed by atoms with E-state index in [4.69, 9.17) is 27.1 Å². The van der Waals surface area contributed by atoms with E-state index in [0.29, 0.717) is 28.6 Å². The lowest BCUT2D eigenvalue weighted by Crippen LogP contribution is -2.51. The fraction of sp³-hybridized carbons (Fsp3) is 0.323. The second-order valence-electron chi connectivity index (χ2n) is 10.8. The molecule has 230 valence electrons. The number of urea groups is 1. The average Bonchev–Trinajstić information content (AvgIpc) is 2.99.